The number of carbonyl (C=O) groups is 2. The zero-order valence-corrected chi connectivity index (χ0v) is 20.3. The number of rotatable bonds is 6. The Bertz CT molecular complexity index is 1070. The first-order valence-electron chi connectivity index (χ1n) is 11.6. The maximum Gasteiger partial charge on any atom is 0.413 e. The van der Waals surface area contributed by atoms with Gasteiger partial charge in [-0.15, -0.1) is 0 Å². The molecule has 0 spiro atoms. The summed E-state index contributed by atoms with van der Waals surface area (Å²) in [7, 11) is 1.39. The highest BCUT2D eigenvalue weighted by Crippen LogP contribution is 2.38. The number of alkyl carbamates (subject to hydrolysis) is 1. The van der Waals surface area contributed by atoms with Crippen LogP contribution in [0.2, 0.25) is 0 Å². The largest absolute Gasteiger partial charge is 0.465 e. The summed E-state index contributed by atoms with van der Waals surface area (Å²) in [6.45, 7) is 8.20. The molecule has 184 valence electrons. The Balaban J connectivity index is 1.48. The van der Waals surface area contributed by atoms with E-state index in [2.05, 4.69) is 41.4 Å². The Labute approximate surface area is 198 Å². The van der Waals surface area contributed by atoms with E-state index in [1.165, 1.54) is 13.2 Å². The SMILES string of the molecule is CN(C(=O)O)c1nccc(Nc2cc([C@H]3CC[C@@H](OC(=O)NC4(C)CC4)C3)nn2C(C)(C)C)n1. The van der Waals surface area contributed by atoms with Crippen LogP contribution in [0.3, 0.4) is 0 Å². The first-order chi connectivity index (χ1) is 15.9. The summed E-state index contributed by atoms with van der Waals surface area (Å²) in [6, 6.07) is 3.67. The molecule has 2 aliphatic carbocycles. The van der Waals surface area contributed by atoms with E-state index in [-0.39, 0.29) is 35.1 Å². The molecule has 2 fully saturated rings. The predicted octanol–water partition coefficient (Wildman–Crippen LogP) is 4.20. The van der Waals surface area contributed by atoms with Crippen molar-refractivity contribution < 1.29 is 19.4 Å². The van der Waals surface area contributed by atoms with Gasteiger partial charge in [0.05, 0.1) is 11.2 Å². The average molecular weight is 472 g/mol. The number of hydrogen-bond acceptors (Lipinski definition) is 7. The van der Waals surface area contributed by atoms with Gasteiger partial charge in [-0.1, -0.05) is 0 Å². The number of carboxylic acid groups (broad SMARTS) is 1. The molecule has 2 aromatic rings. The van der Waals surface area contributed by atoms with Gasteiger partial charge in [-0.25, -0.2) is 24.2 Å². The van der Waals surface area contributed by atoms with Gasteiger partial charge in [0.25, 0.3) is 0 Å². The molecule has 2 heterocycles. The molecular formula is C23H33N7O4. The Morgan fingerprint density at radius 3 is 2.68 bits per heavy atom. The lowest BCUT2D eigenvalue weighted by molar-refractivity contribution is 0.0966. The fourth-order valence-electron chi connectivity index (χ4n) is 4.05. The minimum Gasteiger partial charge on any atom is -0.465 e. The maximum absolute atomic E-state index is 12.2. The molecule has 2 aromatic heterocycles. The first kappa shape index (κ1) is 23.8. The normalized spacial score (nSPS) is 21.1. The highest BCUT2D eigenvalue weighted by atomic mass is 16.6. The number of ether oxygens (including phenoxy) is 1. The number of hydrogen-bond donors (Lipinski definition) is 3. The lowest BCUT2D eigenvalue weighted by Crippen LogP contribution is -2.36. The van der Waals surface area contributed by atoms with Crippen molar-refractivity contribution in [3.8, 4) is 0 Å². The van der Waals surface area contributed by atoms with E-state index in [1.54, 1.807) is 6.07 Å². The van der Waals surface area contributed by atoms with Crippen LogP contribution in [0.4, 0.5) is 27.2 Å². The van der Waals surface area contributed by atoms with Gasteiger partial charge in [0.1, 0.15) is 17.7 Å². The third kappa shape index (κ3) is 5.40. The quantitative estimate of drug-likeness (QED) is 0.570. The number of carbonyl (C=O) groups excluding carboxylic acids is 1. The van der Waals surface area contributed by atoms with Gasteiger partial charge in [0.15, 0.2) is 0 Å². The molecule has 0 bridgehead atoms. The molecule has 0 saturated heterocycles. The summed E-state index contributed by atoms with van der Waals surface area (Å²) in [5.41, 5.74) is 0.527. The Hall–Kier alpha value is -3.37. The zero-order chi connectivity index (χ0) is 24.7. The molecule has 2 amide bonds. The topological polar surface area (TPSA) is 134 Å². The van der Waals surface area contributed by atoms with E-state index in [1.807, 2.05) is 17.7 Å². The average Bonchev–Trinajstić information content (AvgIpc) is 3.13. The smallest absolute Gasteiger partial charge is 0.413 e. The van der Waals surface area contributed by atoms with Crippen molar-refractivity contribution in [1.29, 1.82) is 0 Å². The number of amides is 2. The molecule has 0 unspecified atom stereocenters. The molecule has 2 saturated carbocycles. The van der Waals surface area contributed by atoms with Gasteiger partial charge in [-0.3, -0.25) is 0 Å². The van der Waals surface area contributed by atoms with Crippen molar-refractivity contribution in [2.24, 2.45) is 0 Å². The number of nitrogens with one attached hydrogen (secondary N) is 2. The van der Waals surface area contributed by atoms with E-state index < -0.39 is 6.09 Å². The van der Waals surface area contributed by atoms with Crippen LogP contribution < -0.4 is 15.5 Å². The number of nitrogens with zero attached hydrogens (tertiary/aromatic N) is 5. The molecule has 2 atom stereocenters. The van der Waals surface area contributed by atoms with Gasteiger partial charge < -0.3 is 20.5 Å². The minimum atomic E-state index is -1.14. The molecule has 3 N–H and O–H groups in total. The van der Waals surface area contributed by atoms with Crippen LogP contribution in [0.15, 0.2) is 18.3 Å². The molecule has 0 radical (unpaired) electrons. The van der Waals surface area contributed by atoms with Crippen molar-refractivity contribution >= 4 is 29.8 Å². The van der Waals surface area contributed by atoms with Crippen LogP contribution in [-0.4, -0.2) is 55.7 Å². The monoisotopic (exact) mass is 471 g/mol. The van der Waals surface area contributed by atoms with Crippen LogP contribution in [0, 0.1) is 0 Å². The summed E-state index contributed by atoms with van der Waals surface area (Å²) >= 11 is 0. The van der Waals surface area contributed by atoms with E-state index >= 15 is 0 Å². The summed E-state index contributed by atoms with van der Waals surface area (Å²) in [5, 5.41) is 20.3. The molecule has 0 aliphatic heterocycles. The predicted molar refractivity (Wildman–Crippen MR) is 127 cm³/mol. The van der Waals surface area contributed by atoms with Crippen LogP contribution in [-0.2, 0) is 10.3 Å². The highest BCUT2D eigenvalue weighted by Gasteiger charge is 2.40. The molecule has 11 nitrogen and oxygen atoms in total. The molecule has 0 aromatic carbocycles. The van der Waals surface area contributed by atoms with Crippen LogP contribution >= 0.6 is 0 Å². The van der Waals surface area contributed by atoms with Crippen molar-refractivity contribution in [3.63, 3.8) is 0 Å². The van der Waals surface area contributed by atoms with Crippen LogP contribution in [0.1, 0.15) is 71.4 Å². The van der Waals surface area contributed by atoms with E-state index in [0.29, 0.717) is 5.82 Å². The fraction of sp³-hybridized carbons (Fsp3) is 0.609. The second-order valence-electron chi connectivity index (χ2n) is 10.5. The second kappa shape index (κ2) is 8.77. The van der Waals surface area contributed by atoms with Gasteiger partial charge in [0.2, 0.25) is 5.95 Å². The van der Waals surface area contributed by atoms with Crippen molar-refractivity contribution in [2.75, 3.05) is 17.3 Å². The summed E-state index contributed by atoms with van der Waals surface area (Å²) in [6.07, 6.45) is 4.32. The van der Waals surface area contributed by atoms with Crippen LogP contribution in [0.5, 0.6) is 0 Å². The first-order valence-corrected chi connectivity index (χ1v) is 11.6. The number of anilines is 3. The summed E-state index contributed by atoms with van der Waals surface area (Å²) in [4.78, 5) is 32.7. The Morgan fingerprint density at radius 1 is 1.29 bits per heavy atom. The van der Waals surface area contributed by atoms with Crippen LogP contribution in [0.25, 0.3) is 0 Å². The van der Waals surface area contributed by atoms with Crippen molar-refractivity contribution in [2.45, 2.75) is 82.9 Å². The number of aromatic nitrogens is 4. The van der Waals surface area contributed by atoms with Gasteiger partial charge >= 0.3 is 12.2 Å². The fourth-order valence-corrected chi connectivity index (χ4v) is 4.05. The second-order valence-corrected chi connectivity index (χ2v) is 10.5. The molecule has 34 heavy (non-hydrogen) atoms. The lowest BCUT2D eigenvalue weighted by Gasteiger charge is -2.23. The summed E-state index contributed by atoms with van der Waals surface area (Å²) in [5.74, 6) is 1.47. The third-order valence-corrected chi connectivity index (χ3v) is 6.33. The van der Waals surface area contributed by atoms with E-state index in [0.717, 1.165) is 48.5 Å². The Morgan fingerprint density at radius 2 is 2.03 bits per heavy atom. The Kier molecular flexibility index (Phi) is 6.13. The lowest BCUT2D eigenvalue weighted by atomic mass is 10.0. The molecule has 4 rings (SSSR count). The van der Waals surface area contributed by atoms with E-state index in [4.69, 9.17) is 9.84 Å². The molecular weight excluding hydrogens is 438 g/mol. The van der Waals surface area contributed by atoms with Gasteiger partial charge in [0, 0.05) is 30.8 Å². The standard InChI is InChI=1S/C23H33N7O4/c1-22(2,3)30-18(25-17-8-11-24-19(26-17)29(5)21(32)33)13-16(28-30)14-6-7-15(12-14)34-20(31)27-23(4)9-10-23/h8,11,13-15H,6-7,9-10,12H2,1-5H3,(H,27,31)(H,32,33)(H,24,25,26)/t14-,15+/m0/s1. The minimum absolute atomic E-state index is 0.0775. The molecule has 2 aliphatic rings. The maximum atomic E-state index is 12.2. The van der Waals surface area contributed by atoms with Crippen molar-refractivity contribution in [3.05, 3.63) is 24.0 Å². The van der Waals surface area contributed by atoms with Gasteiger partial charge in [-0.05, 0) is 65.9 Å². The zero-order valence-electron chi connectivity index (χ0n) is 20.3. The van der Waals surface area contributed by atoms with E-state index in [9.17, 15) is 14.7 Å². The van der Waals surface area contributed by atoms with Crippen molar-refractivity contribution in [1.82, 2.24) is 25.1 Å². The van der Waals surface area contributed by atoms with Gasteiger partial charge in [-0.2, -0.15) is 10.1 Å². The molecule has 11 heteroatoms. The summed E-state index contributed by atoms with van der Waals surface area (Å²) < 4.78 is 7.57. The highest BCUT2D eigenvalue weighted by molar-refractivity contribution is 5.83. The third-order valence-electron chi connectivity index (χ3n) is 6.33.